The zero-order chi connectivity index (χ0) is 17.9. The molecule has 2 atom stereocenters. The van der Waals surface area contributed by atoms with Crippen molar-refractivity contribution in [2.75, 3.05) is 26.4 Å². The molecular weight excluding hydrogens is 470 g/mol. The van der Waals surface area contributed by atoms with Crippen molar-refractivity contribution in [3.8, 4) is 0 Å². The third kappa shape index (κ3) is 3.65. The molecule has 2 fully saturated rings. The van der Waals surface area contributed by atoms with E-state index in [2.05, 4.69) is 0 Å². The third-order valence-electron chi connectivity index (χ3n) is 4.09. The van der Waals surface area contributed by atoms with Gasteiger partial charge in [-0.25, -0.2) is 0 Å². The van der Waals surface area contributed by atoms with E-state index >= 15 is 0 Å². The molecule has 2 aromatic rings. The second kappa shape index (κ2) is 8.29. The molecule has 2 aliphatic heterocycles. The Kier molecular flexibility index (Phi) is 5.84. The number of benzene rings is 2. The first-order chi connectivity index (χ1) is 12.8. The molecule has 0 aromatic heterocycles. The summed E-state index contributed by atoms with van der Waals surface area (Å²) in [5.74, 6) is 0. The molecule has 8 heteroatoms. The normalized spacial score (nSPS) is 21.1. The molecule has 0 radical (unpaired) electrons. The summed E-state index contributed by atoms with van der Waals surface area (Å²) in [7, 11) is 0. The van der Waals surface area contributed by atoms with Crippen molar-refractivity contribution < 1.29 is 26.6 Å². The maximum absolute atomic E-state index is 13.2. The van der Waals surface area contributed by atoms with Crippen LogP contribution in [0.25, 0.3) is 0 Å². The molecule has 0 spiro atoms. The van der Waals surface area contributed by atoms with Crippen LogP contribution in [0.1, 0.15) is 23.7 Å². The van der Waals surface area contributed by atoms with Crippen molar-refractivity contribution in [1.82, 2.24) is 0 Å². The van der Waals surface area contributed by atoms with E-state index in [4.69, 9.17) is 18.9 Å². The molecule has 2 heterocycles. The maximum atomic E-state index is 13.2. The average molecular weight is 488 g/mol. The van der Waals surface area contributed by atoms with E-state index in [0.29, 0.717) is 46.5 Å². The van der Waals surface area contributed by atoms with E-state index < -0.39 is 36.6 Å². The molecule has 0 bridgehead atoms. The average Bonchev–Trinajstić information content (AvgIpc) is 3.40. The standard InChI is InChI=1S/C18H18O6Se2/c19-25(15-7-3-1-5-13(15)17-21-9-10-22-17)26(20)16-8-4-2-6-14(16)18-23-11-12-24-18/h1-8,17-18H,9-12H2. The topological polar surface area (TPSA) is 71.1 Å². The van der Waals surface area contributed by atoms with Gasteiger partial charge in [-0.15, -0.1) is 0 Å². The molecule has 2 unspecified atom stereocenters. The molecule has 0 amide bonds. The van der Waals surface area contributed by atoms with Crippen LogP contribution in [0.3, 0.4) is 0 Å². The van der Waals surface area contributed by atoms with Crippen molar-refractivity contribution in [2.45, 2.75) is 12.6 Å². The van der Waals surface area contributed by atoms with Crippen LogP contribution in [-0.4, -0.2) is 50.4 Å². The van der Waals surface area contributed by atoms with Gasteiger partial charge in [-0.1, -0.05) is 0 Å². The van der Waals surface area contributed by atoms with Crippen LogP contribution >= 0.6 is 0 Å². The summed E-state index contributed by atoms with van der Waals surface area (Å²) in [6.45, 7) is 2.00. The van der Waals surface area contributed by atoms with E-state index in [9.17, 15) is 7.67 Å². The summed E-state index contributed by atoms with van der Waals surface area (Å²) in [5, 5.41) is 0. The second-order valence-corrected chi connectivity index (χ2v) is 16.1. The Morgan fingerprint density at radius 1 is 0.615 bits per heavy atom. The van der Waals surface area contributed by atoms with Gasteiger partial charge in [-0.3, -0.25) is 0 Å². The summed E-state index contributed by atoms with van der Waals surface area (Å²) in [4.78, 5) is 0. The summed E-state index contributed by atoms with van der Waals surface area (Å²) < 4.78 is 49.9. The van der Waals surface area contributed by atoms with Crippen LogP contribution in [0.15, 0.2) is 48.5 Å². The Morgan fingerprint density at radius 3 is 1.35 bits per heavy atom. The Hall–Kier alpha value is -1.08. The summed E-state index contributed by atoms with van der Waals surface area (Å²) >= 11 is -5.67. The quantitative estimate of drug-likeness (QED) is 0.581. The first kappa shape index (κ1) is 18.3. The van der Waals surface area contributed by atoms with Crippen molar-refractivity contribution in [3.05, 3.63) is 59.7 Å². The van der Waals surface area contributed by atoms with Crippen molar-refractivity contribution in [1.29, 1.82) is 0 Å². The molecule has 138 valence electrons. The number of hydrogen-bond acceptors (Lipinski definition) is 6. The predicted octanol–water partition coefficient (Wildman–Crippen LogP) is 0.814. The van der Waals surface area contributed by atoms with Crippen molar-refractivity contribution in [2.24, 2.45) is 0 Å². The molecule has 2 aromatic carbocycles. The zero-order valence-electron chi connectivity index (χ0n) is 13.9. The summed E-state index contributed by atoms with van der Waals surface area (Å²) in [5.41, 5.74) is 1.42. The summed E-state index contributed by atoms with van der Waals surface area (Å²) in [6.07, 6.45) is -1.08. The fraction of sp³-hybridized carbons (Fsp3) is 0.333. The molecule has 0 saturated carbocycles. The van der Waals surface area contributed by atoms with Crippen LogP contribution in [0.4, 0.5) is 0 Å². The molecule has 26 heavy (non-hydrogen) atoms. The summed E-state index contributed by atoms with van der Waals surface area (Å²) in [6, 6.07) is 14.5. The van der Waals surface area contributed by atoms with E-state index in [0.717, 1.165) is 0 Å². The van der Waals surface area contributed by atoms with Crippen LogP contribution in [0.5, 0.6) is 0 Å². The first-order valence-corrected chi connectivity index (χ1v) is 15.7. The van der Waals surface area contributed by atoms with Gasteiger partial charge in [0.05, 0.1) is 0 Å². The van der Waals surface area contributed by atoms with Crippen molar-refractivity contribution in [3.63, 3.8) is 0 Å². The third-order valence-corrected chi connectivity index (χ3v) is 14.6. The van der Waals surface area contributed by atoms with Gasteiger partial charge in [0.25, 0.3) is 0 Å². The molecule has 4 rings (SSSR count). The molecular formula is C18H18O6Se2. The second-order valence-electron chi connectivity index (χ2n) is 5.69. The van der Waals surface area contributed by atoms with Gasteiger partial charge in [-0.05, 0) is 0 Å². The van der Waals surface area contributed by atoms with Crippen LogP contribution in [0.2, 0.25) is 0 Å². The van der Waals surface area contributed by atoms with Gasteiger partial charge in [0.1, 0.15) is 0 Å². The van der Waals surface area contributed by atoms with E-state index in [1.165, 1.54) is 0 Å². The monoisotopic (exact) mass is 490 g/mol. The number of ether oxygens (including phenoxy) is 4. The minimum absolute atomic E-state index is 0.499. The van der Waals surface area contributed by atoms with Gasteiger partial charge in [0, 0.05) is 0 Å². The Morgan fingerprint density at radius 2 is 0.962 bits per heavy atom. The molecule has 6 nitrogen and oxygen atoms in total. The molecule has 2 aliphatic rings. The Labute approximate surface area is 158 Å². The Balaban J connectivity index is 1.67. The van der Waals surface area contributed by atoms with Crippen LogP contribution in [-0.2, 0) is 26.6 Å². The zero-order valence-corrected chi connectivity index (χ0v) is 17.3. The van der Waals surface area contributed by atoms with E-state index in [-0.39, 0.29) is 0 Å². The minimum atomic E-state index is -2.84. The first-order valence-electron chi connectivity index (χ1n) is 8.24. The van der Waals surface area contributed by atoms with Crippen LogP contribution < -0.4 is 8.92 Å². The van der Waals surface area contributed by atoms with Crippen LogP contribution in [0, 0.1) is 0 Å². The van der Waals surface area contributed by atoms with E-state index in [1.54, 1.807) is 24.3 Å². The number of rotatable bonds is 5. The fourth-order valence-corrected chi connectivity index (χ4v) is 12.7. The van der Waals surface area contributed by atoms with Gasteiger partial charge in [0.2, 0.25) is 0 Å². The molecule has 2 saturated heterocycles. The van der Waals surface area contributed by atoms with Crippen molar-refractivity contribution >= 4 is 32.9 Å². The van der Waals surface area contributed by atoms with Gasteiger partial charge < -0.3 is 0 Å². The van der Waals surface area contributed by atoms with Gasteiger partial charge >= 0.3 is 158 Å². The SMILES string of the molecule is O=[Se](c1ccccc1C1OCCO1)[Se](=O)c1ccccc1C1OCCO1. The molecule has 0 N–H and O–H groups in total. The fourth-order valence-electron chi connectivity index (χ4n) is 2.89. The van der Waals surface area contributed by atoms with Gasteiger partial charge in [0.15, 0.2) is 0 Å². The predicted molar refractivity (Wildman–Crippen MR) is 94.3 cm³/mol. The molecule has 0 aliphatic carbocycles. The van der Waals surface area contributed by atoms with Gasteiger partial charge in [-0.2, -0.15) is 0 Å². The Bertz CT molecular complexity index is 758. The number of hydrogen-bond donors (Lipinski definition) is 0. The van der Waals surface area contributed by atoms with E-state index in [1.807, 2.05) is 24.3 Å².